The number of hydrogen-bond acceptors (Lipinski definition) is 7. The molecular weight excluding hydrogens is 534 g/mol. The van der Waals surface area contributed by atoms with Crippen molar-refractivity contribution < 1.29 is 22.7 Å². The third-order valence-corrected chi connectivity index (χ3v) is 8.93. The van der Waals surface area contributed by atoms with Crippen molar-refractivity contribution in [1.82, 2.24) is 4.98 Å². The summed E-state index contributed by atoms with van der Waals surface area (Å²) in [5.41, 5.74) is 1.33. The van der Waals surface area contributed by atoms with Crippen LogP contribution in [-0.4, -0.2) is 45.7 Å². The molecule has 11 heteroatoms. The first kappa shape index (κ1) is 25.5. The molecule has 4 aromatic rings. The van der Waals surface area contributed by atoms with Crippen molar-refractivity contribution in [3.63, 3.8) is 0 Å². The molecule has 8 nitrogen and oxygen atoms in total. The van der Waals surface area contributed by atoms with Crippen LogP contribution in [0.2, 0.25) is 5.02 Å². The molecular formula is C26H24ClN3O5S2. The van der Waals surface area contributed by atoms with Crippen LogP contribution in [0.15, 0.2) is 71.6 Å². The SMILES string of the molecule is COc1ccc(Cl)c2sc(N(CC3CCCO3)C(=O)c3ccc(NS(=O)(=O)c4ccccc4)cc3)nc12. The van der Waals surface area contributed by atoms with Crippen molar-refractivity contribution >= 4 is 59.9 Å². The van der Waals surface area contributed by atoms with Gasteiger partial charge < -0.3 is 9.47 Å². The third-order valence-electron chi connectivity index (χ3n) is 5.99. The molecule has 0 aliphatic carbocycles. The largest absolute Gasteiger partial charge is 0.494 e. The summed E-state index contributed by atoms with van der Waals surface area (Å²) >= 11 is 7.73. The maximum Gasteiger partial charge on any atom is 0.261 e. The molecule has 0 spiro atoms. The van der Waals surface area contributed by atoms with E-state index in [1.54, 1.807) is 66.6 Å². The predicted octanol–water partition coefficient (Wildman–Crippen LogP) is 5.58. The van der Waals surface area contributed by atoms with Gasteiger partial charge in [-0.3, -0.25) is 14.4 Å². The molecule has 1 aromatic heterocycles. The number of nitrogens with one attached hydrogen (secondary N) is 1. The van der Waals surface area contributed by atoms with E-state index in [1.165, 1.54) is 23.5 Å². The molecule has 37 heavy (non-hydrogen) atoms. The van der Waals surface area contributed by atoms with Gasteiger partial charge in [0.25, 0.3) is 15.9 Å². The fraction of sp³-hybridized carbons (Fsp3) is 0.231. The first-order valence-corrected chi connectivity index (χ1v) is 14.3. The van der Waals surface area contributed by atoms with E-state index in [9.17, 15) is 13.2 Å². The minimum Gasteiger partial charge on any atom is -0.494 e. The number of ether oxygens (including phenoxy) is 2. The number of carbonyl (C=O) groups excluding carboxylic acids is 1. The highest BCUT2D eigenvalue weighted by atomic mass is 35.5. The maximum absolute atomic E-state index is 13.7. The van der Waals surface area contributed by atoms with Crippen LogP contribution in [0.1, 0.15) is 23.2 Å². The molecule has 1 N–H and O–H groups in total. The number of nitrogens with zero attached hydrogens (tertiary/aromatic N) is 2. The average Bonchev–Trinajstić information content (AvgIpc) is 3.59. The van der Waals surface area contributed by atoms with Crippen LogP contribution in [-0.2, 0) is 14.8 Å². The lowest BCUT2D eigenvalue weighted by atomic mass is 10.1. The lowest BCUT2D eigenvalue weighted by molar-refractivity contribution is 0.0917. The highest BCUT2D eigenvalue weighted by Crippen LogP contribution is 2.39. The molecule has 1 saturated heterocycles. The van der Waals surface area contributed by atoms with E-state index in [4.69, 9.17) is 26.1 Å². The van der Waals surface area contributed by atoms with Gasteiger partial charge in [-0.05, 0) is 61.4 Å². The number of aromatic nitrogens is 1. The van der Waals surface area contributed by atoms with Crippen molar-refractivity contribution in [3.8, 4) is 5.75 Å². The molecule has 1 unspecified atom stereocenters. The zero-order valence-corrected chi connectivity index (χ0v) is 22.3. The summed E-state index contributed by atoms with van der Waals surface area (Å²) in [6.45, 7) is 0.990. The van der Waals surface area contributed by atoms with Gasteiger partial charge in [0.1, 0.15) is 11.3 Å². The molecule has 192 valence electrons. The van der Waals surface area contributed by atoms with Crippen LogP contribution in [0.25, 0.3) is 10.2 Å². The van der Waals surface area contributed by atoms with E-state index in [0.717, 1.165) is 17.5 Å². The Morgan fingerprint density at radius 1 is 1.16 bits per heavy atom. The van der Waals surface area contributed by atoms with Gasteiger partial charge >= 0.3 is 0 Å². The average molecular weight is 558 g/mol. The monoisotopic (exact) mass is 557 g/mol. The van der Waals surface area contributed by atoms with Gasteiger partial charge in [-0.2, -0.15) is 0 Å². The molecule has 3 aromatic carbocycles. The first-order valence-electron chi connectivity index (χ1n) is 11.6. The number of sulfonamides is 1. The zero-order chi connectivity index (χ0) is 26.0. The van der Waals surface area contributed by atoms with Crippen molar-refractivity contribution in [2.75, 3.05) is 29.9 Å². The molecule has 1 aliphatic rings. The summed E-state index contributed by atoms with van der Waals surface area (Å²) in [6, 6.07) is 17.9. The molecule has 1 fully saturated rings. The van der Waals surface area contributed by atoms with Crippen LogP contribution in [0.3, 0.4) is 0 Å². The van der Waals surface area contributed by atoms with Gasteiger partial charge in [0.15, 0.2) is 5.13 Å². The molecule has 2 heterocycles. The minimum atomic E-state index is -3.74. The van der Waals surface area contributed by atoms with Gasteiger partial charge in [-0.25, -0.2) is 13.4 Å². The summed E-state index contributed by atoms with van der Waals surface area (Å²) < 4.78 is 39.8. The summed E-state index contributed by atoms with van der Waals surface area (Å²) in [6.07, 6.45) is 1.67. The lowest BCUT2D eigenvalue weighted by Crippen LogP contribution is -2.37. The number of methoxy groups -OCH3 is 1. The fourth-order valence-electron chi connectivity index (χ4n) is 4.11. The highest BCUT2D eigenvalue weighted by Gasteiger charge is 2.28. The molecule has 1 atom stereocenters. The summed E-state index contributed by atoms with van der Waals surface area (Å²) in [7, 11) is -2.18. The summed E-state index contributed by atoms with van der Waals surface area (Å²) in [4.78, 5) is 20.2. The van der Waals surface area contributed by atoms with Crippen LogP contribution in [0, 0.1) is 0 Å². The Morgan fingerprint density at radius 2 is 1.92 bits per heavy atom. The van der Waals surface area contributed by atoms with Gasteiger partial charge in [0, 0.05) is 17.9 Å². The number of thiazole rings is 1. The summed E-state index contributed by atoms with van der Waals surface area (Å²) in [5, 5.41) is 1.01. The van der Waals surface area contributed by atoms with Crippen LogP contribution in [0.5, 0.6) is 5.75 Å². The molecule has 1 aliphatic heterocycles. The second-order valence-electron chi connectivity index (χ2n) is 8.47. The quantitative estimate of drug-likeness (QED) is 0.303. The number of amides is 1. The minimum absolute atomic E-state index is 0.106. The van der Waals surface area contributed by atoms with Crippen molar-refractivity contribution in [2.24, 2.45) is 0 Å². The Balaban J connectivity index is 1.44. The van der Waals surface area contributed by atoms with Crippen LogP contribution >= 0.6 is 22.9 Å². The van der Waals surface area contributed by atoms with Crippen molar-refractivity contribution in [3.05, 3.63) is 77.3 Å². The topological polar surface area (TPSA) is 97.8 Å². The first-order chi connectivity index (χ1) is 17.9. The maximum atomic E-state index is 13.7. The number of rotatable bonds is 8. The van der Waals surface area contributed by atoms with E-state index in [1.807, 2.05) is 0 Å². The summed E-state index contributed by atoms with van der Waals surface area (Å²) in [5.74, 6) is 0.295. The second kappa shape index (κ2) is 10.7. The normalized spacial score (nSPS) is 15.6. The Morgan fingerprint density at radius 3 is 2.59 bits per heavy atom. The molecule has 0 saturated carbocycles. The van der Waals surface area contributed by atoms with Crippen LogP contribution < -0.4 is 14.4 Å². The Kier molecular flexibility index (Phi) is 7.34. The van der Waals surface area contributed by atoms with Crippen molar-refractivity contribution in [1.29, 1.82) is 0 Å². The van der Waals surface area contributed by atoms with E-state index in [-0.39, 0.29) is 16.9 Å². The molecule has 5 rings (SSSR count). The Labute approximate surface area is 223 Å². The zero-order valence-electron chi connectivity index (χ0n) is 19.9. The van der Waals surface area contributed by atoms with E-state index in [2.05, 4.69) is 4.72 Å². The Hall–Kier alpha value is -3.18. The van der Waals surface area contributed by atoms with E-state index in [0.29, 0.717) is 45.8 Å². The highest BCUT2D eigenvalue weighted by molar-refractivity contribution is 7.92. The standard InChI is InChI=1S/C26H24ClN3O5S2/c1-34-22-14-13-21(27)24-23(22)28-26(36-24)30(16-19-6-5-15-35-19)25(31)17-9-11-18(12-10-17)29-37(32,33)20-7-3-2-4-8-20/h2-4,7-14,19,29H,5-6,15-16H2,1H3. The molecule has 0 bridgehead atoms. The number of benzene rings is 3. The van der Waals surface area contributed by atoms with E-state index < -0.39 is 10.0 Å². The number of halogens is 1. The third kappa shape index (κ3) is 5.42. The Bertz CT molecular complexity index is 1520. The van der Waals surface area contributed by atoms with Gasteiger partial charge in [-0.15, -0.1) is 0 Å². The molecule has 1 amide bonds. The number of hydrogen-bond donors (Lipinski definition) is 1. The lowest BCUT2D eigenvalue weighted by Gasteiger charge is -2.23. The van der Waals surface area contributed by atoms with Gasteiger partial charge in [0.2, 0.25) is 0 Å². The van der Waals surface area contributed by atoms with Crippen LogP contribution in [0.4, 0.5) is 10.8 Å². The second-order valence-corrected chi connectivity index (χ2v) is 11.5. The van der Waals surface area contributed by atoms with Gasteiger partial charge in [-0.1, -0.05) is 41.1 Å². The van der Waals surface area contributed by atoms with E-state index >= 15 is 0 Å². The predicted molar refractivity (Wildman–Crippen MR) is 146 cm³/mol. The number of carbonyl (C=O) groups is 1. The fourth-order valence-corrected chi connectivity index (χ4v) is 6.46. The van der Waals surface area contributed by atoms with Crippen molar-refractivity contribution in [2.45, 2.75) is 23.8 Å². The number of anilines is 2. The van der Waals surface area contributed by atoms with Gasteiger partial charge in [0.05, 0.1) is 34.4 Å². The smallest absolute Gasteiger partial charge is 0.261 e. The number of fused-ring (bicyclic) bond motifs is 1. The molecule has 0 radical (unpaired) electrons.